The molecule has 0 radical (unpaired) electrons. The molecule has 0 fully saturated rings. The maximum atomic E-state index is 13.9. The lowest BCUT2D eigenvalue weighted by atomic mass is 10.2. The molecule has 0 aliphatic carbocycles. The van der Waals surface area contributed by atoms with Gasteiger partial charge in [0.1, 0.15) is 17.3 Å². The summed E-state index contributed by atoms with van der Waals surface area (Å²) in [5.74, 6) is -1.45. The van der Waals surface area contributed by atoms with Crippen LogP contribution in [0.25, 0.3) is 5.69 Å². The van der Waals surface area contributed by atoms with Gasteiger partial charge in [0.05, 0.1) is 17.5 Å². The van der Waals surface area contributed by atoms with Crippen molar-refractivity contribution in [2.45, 2.75) is 19.8 Å². The molecule has 0 aliphatic heterocycles. The van der Waals surface area contributed by atoms with E-state index in [1.54, 1.807) is 13.0 Å². The van der Waals surface area contributed by atoms with E-state index in [1.807, 2.05) is 0 Å². The van der Waals surface area contributed by atoms with Gasteiger partial charge in [-0.05, 0) is 25.1 Å². The molecule has 2 aromatic carbocycles. The van der Waals surface area contributed by atoms with E-state index in [-0.39, 0.29) is 23.4 Å². The van der Waals surface area contributed by atoms with E-state index in [4.69, 9.17) is 0 Å². The zero-order valence-electron chi connectivity index (χ0n) is 14.6. The Labute approximate surface area is 157 Å². The van der Waals surface area contributed by atoms with Crippen molar-refractivity contribution in [1.29, 1.82) is 0 Å². The lowest BCUT2D eigenvalue weighted by molar-refractivity contribution is -0.274. The highest BCUT2D eigenvalue weighted by Crippen LogP contribution is 2.26. The van der Waals surface area contributed by atoms with Crippen LogP contribution in [0, 0.1) is 12.7 Å². The van der Waals surface area contributed by atoms with Crippen LogP contribution in [0.15, 0.2) is 54.7 Å². The van der Waals surface area contributed by atoms with Crippen LogP contribution in [0.3, 0.4) is 0 Å². The summed E-state index contributed by atoms with van der Waals surface area (Å²) in [6.45, 7) is 1.41. The summed E-state index contributed by atoms with van der Waals surface area (Å²) in [6, 6.07) is 11.5. The number of ether oxygens (including phenoxy) is 1. The largest absolute Gasteiger partial charge is 0.573 e. The number of aromatic nitrogens is 2. The predicted octanol–water partition coefficient (Wildman–Crippen LogP) is 4.15. The molecule has 0 spiro atoms. The summed E-state index contributed by atoms with van der Waals surface area (Å²) < 4.78 is 56.6. The highest BCUT2D eigenvalue weighted by Gasteiger charge is 2.32. The van der Waals surface area contributed by atoms with Crippen LogP contribution in [0.1, 0.15) is 21.6 Å². The lowest BCUT2D eigenvalue weighted by Crippen LogP contribution is -2.25. The number of benzene rings is 2. The minimum atomic E-state index is -4.84. The second-order valence-electron chi connectivity index (χ2n) is 5.85. The van der Waals surface area contributed by atoms with Crippen molar-refractivity contribution in [3.05, 3.63) is 77.4 Å². The molecule has 28 heavy (non-hydrogen) atoms. The average molecular weight is 393 g/mol. The Morgan fingerprint density at radius 2 is 1.82 bits per heavy atom. The maximum Gasteiger partial charge on any atom is 0.573 e. The number of para-hydroxylation sites is 2. The first-order valence-corrected chi connectivity index (χ1v) is 8.17. The zero-order valence-corrected chi connectivity index (χ0v) is 14.6. The fraction of sp³-hybridized carbons (Fsp3) is 0.158. The first-order chi connectivity index (χ1) is 13.3. The molecule has 1 N–H and O–H groups in total. The molecule has 0 aliphatic rings. The first-order valence-electron chi connectivity index (χ1n) is 8.17. The standard InChI is InChI=1S/C19H15F4N3O2/c1-12-14(11-25-26(12)16-8-4-3-7-15(16)20)18(27)24-10-13-6-2-5-9-17(13)28-19(21,22)23/h2-9,11H,10H2,1H3,(H,24,27). The van der Waals surface area contributed by atoms with E-state index in [2.05, 4.69) is 15.2 Å². The number of nitrogens with one attached hydrogen (secondary N) is 1. The number of alkyl halides is 3. The van der Waals surface area contributed by atoms with Crippen molar-refractivity contribution in [2.75, 3.05) is 0 Å². The van der Waals surface area contributed by atoms with Gasteiger partial charge in [-0.25, -0.2) is 9.07 Å². The van der Waals surface area contributed by atoms with Gasteiger partial charge < -0.3 is 10.1 Å². The highest BCUT2D eigenvalue weighted by molar-refractivity contribution is 5.95. The summed E-state index contributed by atoms with van der Waals surface area (Å²) in [5.41, 5.74) is 0.912. The first kappa shape index (κ1) is 19.4. The van der Waals surface area contributed by atoms with Gasteiger partial charge in [0.25, 0.3) is 5.91 Å². The van der Waals surface area contributed by atoms with Crippen molar-refractivity contribution in [2.24, 2.45) is 0 Å². The molecule has 0 atom stereocenters. The van der Waals surface area contributed by atoms with E-state index in [9.17, 15) is 22.4 Å². The topological polar surface area (TPSA) is 56.1 Å². The summed E-state index contributed by atoms with van der Waals surface area (Å²) in [5, 5.41) is 6.56. The van der Waals surface area contributed by atoms with Crippen LogP contribution in [0.2, 0.25) is 0 Å². The van der Waals surface area contributed by atoms with Crippen LogP contribution in [0.5, 0.6) is 5.75 Å². The minimum Gasteiger partial charge on any atom is -0.405 e. The third kappa shape index (κ3) is 4.30. The number of carbonyl (C=O) groups is 1. The number of rotatable bonds is 5. The number of nitrogens with zero attached hydrogens (tertiary/aromatic N) is 2. The Kier molecular flexibility index (Phi) is 5.34. The zero-order chi connectivity index (χ0) is 20.3. The molecule has 0 unspecified atom stereocenters. The molecular weight excluding hydrogens is 378 g/mol. The van der Waals surface area contributed by atoms with E-state index in [0.29, 0.717) is 5.69 Å². The molecule has 1 heterocycles. The van der Waals surface area contributed by atoms with Gasteiger partial charge in [0.15, 0.2) is 0 Å². The molecular formula is C19H15F4N3O2. The van der Waals surface area contributed by atoms with Gasteiger partial charge in [0.2, 0.25) is 0 Å². The van der Waals surface area contributed by atoms with Crippen LogP contribution < -0.4 is 10.1 Å². The molecule has 0 bridgehead atoms. The van der Waals surface area contributed by atoms with Gasteiger partial charge >= 0.3 is 6.36 Å². The summed E-state index contributed by atoms with van der Waals surface area (Å²) in [4.78, 5) is 12.4. The minimum absolute atomic E-state index is 0.160. The predicted molar refractivity (Wildman–Crippen MR) is 92.6 cm³/mol. The van der Waals surface area contributed by atoms with Crippen LogP contribution in [-0.2, 0) is 6.54 Å². The third-order valence-electron chi connectivity index (χ3n) is 3.97. The van der Waals surface area contributed by atoms with Crippen molar-refractivity contribution in [3.63, 3.8) is 0 Å². The monoisotopic (exact) mass is 393 g/mol. The normalized spacial score (nSPS) is 11.3. The highest BCUT2D eigenvalue weighted by atomic mass is 19.4. The molecule has 1 aromatic heterocycles. The van der Waals surface area contributed by atoms with Crippen molar-refractivity contribution in [1.82, 2.24) is 15.1 Å². The second-order valence-corrected chi connectivity index (χ2v) is 5.85. The Balaban J connectivity index is 1.76. The summed E-state index contributed by atoms with van der Waals surface area (Å²) >= 11 is 0. The van der Waals surface area contributed by atoms with Crippen molar-refractivity contribution >= 4 is 5.91 Å². The molecule has 1 amide bonds. The van der Waals surface area contributed by atoms with Crippen LogP contribution in [-0.4, -0.2) is 22.1 Å². The van der Waals surface area contributed by atoms with Crippen molar-refractivity contribution < 1.29 is 27.1 Å². The van der Waals surface area contributed by atoms with Gasteiger partial charge in [0, 0.05) is 12.1 Å². The smallest absolute Gasteiger partial charge is 0.405 e. The van der Waals surface area contributed by atoms with Crippen LogP contribution in [0.4, 0.5) is 17.6 Å². The van der Waals surface area contributed by atoms with E-state index < -0.39 is 23.8 Å². The fourth-order valence-corrected chi connectivity index (χ4v) is 2.64. The summed E-state index contributed by atoms with van der Waals surface area (Å²) in [6.07, 6.45) is -3.56. The number of amides is 1. The SMILES string of the molecule is Cc1c(C(=O)NCc2ccccc2OC(F)(F)F)cnn1-c1ccccc1F. The molecule has 9 heteroatoms. The lowest BCUT2D eigenvalue weighted by Gasteiger charge is -2.13. The van der Waals surface area contributed by atoms with E-state index in [1.165, 1.54) is 47.3 Å². The molecule has 3 aromatic rings. The number of carbonyl (C=O) groups excluding carboxylic acids is 1. The fourth-order valence-electron chi connectivity index (χ4n) is 2.64. The molecule has 146 valence electrons. The van der Waals surface area contributed by atoms with E-state index >= 15 is 0 Å². The number of hydrogen-bond acceptors (Lipinski definition) is 3. The van der Waals surface area contributed by atoms with E-state index in [0.717, 1.165) is 6.07 Å². The van der Waals surface area contributed by atoms with Gasteiger partial charge in [-0.3, -0.25) is 4.79 Å². The molecule has 0 saturated carbocycles. The number of halogens is 4. The third-order valence-corrected chi connectivity index (χ3v) is 3.97. The number of hydrogen-bond donors (Lipinski definition) is 1. The van der Waals surface area contributed by atoms with Crippen molar-refractivity contribution in [3.8, 4) is 11.4 Å². The average Bonchev–Trinajstić information content (AvgIpc) is 3.01. The summed E-state index contributed by atoms with van der Waals surface area (Å²) in [7, 11) is 0. The maximum absolute atomic E-state index is 13.9. The second kappa shape index (κ2) is 7.71. The van der Waals surface area contributed by atoms with Gasteiger partial charge in [-0.15, -0.1) is 13.2 Å². The Hall–Kier alpha value is -3.36. The van der Waals surface area contributed by atoms with Gasteiger partial charge in [-0.1, -0.05) is 30.3 Å². The molecule has 3 rings (SSSR count). The Morgan fingerprint density at radius 3 is 2.54 bits per heavy atom. The van der Waals surface area contributed by atoms with Gasteiger partial charge in [-0.2, -0.15) is 5.10 Å². The quantitative estimate of drug-likeness (QED) is 0.663. The molecule has 5 nitrogen and oxygen atoms in total. The molecule has 0 saturated heterocycles. The Morgan fingerprint density at radius 1 is 1.14 bits per heavy atom. The Bertz CT molecular complexity index is 999. The van der Waals surface area contributed by atoms with Crippen LogP contribution >= 0.6 is 0 Å².